The van der Waals surface area contributed by atoms with Crippen molar-refractivity contribution < 1.29 is 0 Å². The standard InChI is InChI=1S/C13H29N3/c1-12-9-14-10-13(2,3)11-16(12)8-6-7-15(4)5/h12,14H,6-11H2,1-5H3. The Balaban J connectivity index is 2.41. The molecular weight excluding hydrogens is 198 g/mol. The Hall–Kier alpha value is -0.120. The van der Waals surface area contributed by atoms with Crippen molar-refractivity contribution in [3.63, 3.8) is 0 Å². The van der Waals surface area contributed by atoms with E-state index < -0.39 is 0 Å². The molecule has 0 saturated carbocycles. The maximum Gasteiger partial charge on any atom is 0.0192 e. The van der Waals surface area contributed by atoms with Crippen molar-refractivity contribution in [1.29, 1.82) is 0 Å². The molecule has 1 aliphatic rings. The highest BCUT2D eigenvalue weighted by molar-refractivity contribution is 4.84. The Morgan fingerprint density at radius 3 is 2.69 bits per heavy atom. The van der Waals surface area contributed by atoms with Crippen LogP contribution in [0.1, 0.15) is 27.2 Å². The van der Waals surface area contributed by atoms with Gasteiger partial charge in [-0.05, 0) is 45.9 Å². The van der Waals surface area contributed by atoms with Crippen LogP contribution in [0.3, 0.4) is 0 Å². The maximum atomic E-state index is 3.56. The summed E-state index contributed by atoms with van der Waals surface area (Å²) in [5, 5.41) is 3.56. The van der Waals surface area contributed by atoms with E-state index in [-0.39, 0.29) is 0 Å². The van der Waals surface area contributed by atoms with Crippen molar-refractivity contribution in [2.75, 3.05) is 46.8 Å². The van der Waals surface area contributed by atoms with E-state index >= 15 is 0 Å². The van der Waals surface area contributed by atoms with Gasteiger partial charge < -0.3 is 10.2 Å². The summed E-state index contributed by atoms with van der Waals surface area (Å²) in [5.41, 5.74) is 0.406. The molecule has 1 fully saturated rings. The molecule has 0 spiro atoms. The van der Waals surface area contributed by atoms with E-state index in [1.807, 2.05) is 0 Å². The predicted octanol–water partition coefficient (Wildman–Crippen LogP) is 1.26. The van der Waals surface area contributed by atoms with E-state index in [1.165, 1.54) is 26.1 Å². The van der Waals surface area contributed by atoms with Crippen molar-refractivity contribution in [2.45, 2.75) is 33.2 Å². The molecule has 1 atom stereocenters. The van der Waals surface area contributed by atoms with Gasteiger partial charge in [-0.15, -0.1) is 0 Å². The first kappa shape index (κ1) is 13.9. The summed E-state index contributed by atoms with van der Waals surface area (Å²) in [4.78, 5) is 4.91. The average Bonchev–Trinajstić information content (AvgIpc) is 2.25. The zero-order chi connectivity index (χ0) is 12.2. The molecule has 1 rings (SSSR count). The SMILES string of the molecule is CC1CNCC(C)(C)CN1CCCN(C)C. The number of hydrogen-bond acceptors (Lipinski definition) is 3. The zero-order valence-electron chi connectivity index (χ0n) is 11.7. The summed E-state index contributed by atoms with van der Waals surface area (Å²) >= 11 is 0. The van der Waals surface area contributed by atoms with Gasteiger partial charge in [0.15, 0.2) is 0 Å². The molecule has 96 valence electrons. The Kier molecular flexibility index (Phi) is 5.22. The molecule has 3 heteroatoms. The van der Waals surface area contributed by atoms with Gasteiger partial charge in [-0.1, -0.05) is 13.8 Å². The molecule has 0 bridgehead atoms. The van der Waals surface area contributed by atoms with Crippen LogP contribution in [0.2, 0.25) is 0 Å². The topological polar surface area (TPSA) is 18.5 Å². The zero-order valence-corrected chi connectivity index (χ0v) is 11.7. The molecule has 1 heterocycles. The van der Waals surface area contributed by atoms with Crippen LogP contribution in [0, 0.1) is 5.41 Å². The van der Waals surface area contributed by atoms with Crippen molar-refractivity contribution in [3.05, 3.63) is 0 Å². The Morgan fingerprint density at radius 2 is 2.06 bits per heavy atom. The summed E-state index contributed by atoms with van der Waals surface area (Å²) in [6.07, 6.45) is 1.27. The highest BCUT2D eigenvalue weighted by atomic mass is 15.2. The largest absolute Gasteiger partial charge is 0.315 e. The molecule has 0 aromatic heterocycles. The molecule has 0 aromatic carbocycles. The fraction of sp³-hybridized carbons (Fsp3) is 1.00. The fourth-order valence-electron chi connectivity index (χ4n) is 2.40. The Labute approximate surface area is 101 Å². The van der Waals surface area contributed by atoms with Gasteiger partial charge in [0.2, 0.25) is 0 Å². The Morgan fingerprint density at radius 1 is 1.38 bits per heavy atom. The van der Waals surface area contributed by atoms with Crippen LogP contribution >= 0.6 is 0 Å². The maximum absolute atomic E-state index is 3.56. The smallest absolute Gasteiger partial charge is 0.0192 e. The van der Waals surface area contributed by atoms with Crippen LogP contribution in [-0.4, -0.2) is 62.7 Å². The van der Waals surface area contributed by atoms with Crippen molar-refractivity contribution >= 4 is 0 Å². The first-order valence-electron chi connectivity index (χ1n) is 6.50. The lowest BCUT2D eigenvalue weighted by Gasteiger charge is -2.32. The van der Waals surface area contributed by atoms with E-state index in [1.54, 1.807) is 0 Å². The third kappa shape index (κ3) is 4.81. The number of rotatable bonds is 4. The molecule has 1 aliphatic heterocycles. The first-order valence-corrected chi connectivity index (χ1v) is 6.50. The second-order valence-corrected chi connectivity index (χ2v) is 6.27. The molecule has 3 nitrogen and oxygen atoms in total. The van der Waals surface area contributed by atoms with E-state index in [4.69, 9.17) is 0 Å². The van der Waals surface area contributed by atoms with Crippen LogP contribution in [0.25, 0.3) is 0 Å². The van der Waals surface area contributed by atoms with Crippen LogP contribution in [0.4, 0.5) is 0 Å². The lowest BCUT2D eigenvalue weighted by molar-refractivity contribution is 0.159. The van der Waals surface area contributed by atoms with Gasteiger partial charge in [-0.2, -0.15) is 0 Å². The number of nitrogens with one attached hydrogen (secondary N) is 1. The molecule has 0 aromatic rings. The van der Waals surface area contributed by atoms with Gasteiger partial charge in [0.1, 0.15) is 0 Å². The fourth-order valence-corrected chi connectivity index (χ4v) is 2.40. The third-order valence-electron chi connectivity index (χ3n) is 3.35. The molecule has 1 saturated heterocycles. The molecule has 1 N–H and O–H groups in total. The van der Waals surface area contributed by atoms with Crippen molar-refractivity contribution in [2.24, 2.45) is 5.41 Å². The monoisotopic (exact) mass is 227 g/mol. The molecule has 16 heavy (non-hydrogen) atoms. The summed E-state index contributed by atoms with van der Waals surface area (Å²) in [7, 11) is 4.30. The molecular formula is C13H29N3. The Bertz CT molecular complexity index is 201. The highest BCUT2D eigenvalue weighted by Gasteiger charge is 2.27. The summed E-state index contributed by atoms with van der Waals surface area (Å²) in [5.74, 6) is 0. The van der Waals surface area contributed by atoms with Gasteiger partial charge in [0, 0.05) is 25.7 Å². The van der Waals surface area contributed by atoms with Gasteiger partial charge in [0.05, 0.1) is 0 Å². The molecule has 1 unspecified atom stereocenters. The number of hydrogen-bond donors (Lipinski definition) is 1. The second kappa shape index (κ2) is 5.99. The van der Waals surface area contributed by atoms with E-state index in [0.717, 1.165) is 13.1 Å². The van der Waals surface area contributed by atoms with Crippen LogP contribution < -0.4 is 5.32 Å². The van der Waals surface area contributed by atoms with Gasteiger partial charge in [-0.3, -0.25) is 4.90 Å². The lowest BCUT2D eigenvalue weighted by Crippen LogP contribution is -2.41. The summed E-state index contributed by atoms with van der Waals surface area (Å²) in [6, 6.07) is 0.670. The van der Waals surface area contributed by atoms with Crippen molar-refractivity contribution in [3.8, 4) is 0 Å². The summed E-state index contributed by atoms with van der Waals surface area (Å²) < 4.78 is 0. The minimum absolute atomic E-state index is 0.406. The first-order chi connectivity index (χ1) is 7.41. The number of nitrogens with zero attached hydrogens (tertiary/aromatic N) is 2. The van der Waals surface area contributed by atoms with Gasteiger partial charge in [-0.25, -0.2) is 0 Å². The molecule has 0 aliphatic carbocycles. The van der Waals surface area contributed by atoms with Crippen LogP contribution in [-0.2, 0) is 0 Å². The molecule has 0 radical (unpaired) electrons. The van der Waals surface area contributed by atoms with Crippen LogP contribution in [0.15, 0.2) is 0 Å². The highest BCUT2D eigenvalue weighted by Crippen LogP contribution is 2.20. The summed E-state index contributed by atoms with van der Waals surface area (Å²) in [6.45, 7) is 13.0. The minimum atomic E-state index is 0.406. The average molecular weight is 227 g/mol. The lowest BCUT2D eigenvalue weighted by atomic mass is 9.93. The normalized spacial score (nSPS) is 27.0. The quantitative estimate of drug-likeness (QED) is 0.780. The third-order valence-corrected chi connectivity index (χ3v) is 3.35. The predicted molar refractivity (Wildman–Crippen MR) is 70.9 cm³/mol. The van der Waals surface area contributed by atoms with Crippen molar-refractivity contribution in [1.82, 2.24) is 15.1 Å². The minimum Gasteiger partial charge on any atom is -0.315 e. The van der Waals surface area contributed by atoms with Gasteiger partial charge in [0.25, 0.3) is 0 Å². The van der Waals surface area contributed by atoms with E-state index in [9.17, 15) is 0 Å². The van der Waals surface area contributed by atoms with Gasteiger partial charge >= 0.3 is 0 Å². The van der Waals surface area contributed by atoms with E-state index in [2.05, 4.69) is 50.0 Å². The molecule has 0 amide bonds. The van der Waals surface area contributed by atoms with Crippen LogP contribution in [0.5, 0.6) is 0 Å². The van der Waals surface area contributed by atoms with E-state index in [0.29, 0.717) is 11.5 Å². The second-order valence-electron chi connectivity index (χ2n) is 6.27.